The number of carbonyl (C=O) groups excluding carboxylic acids is 1. The summed E-state index contributed by atoms with van der Waals surface area (Å²) in [5.41, 5.74) is 6.11. The Kier molecular flexibility index (Phi) is 3.26. The lowest BCUT2D eigenvalue weighted by molar-refractivity contribution is 0.0730. The molecule has 104 valence electrons. The van der Waals surface area contributed by atoms with Crippen molar-refractivity contribution in [2.75, 3.05) is 5.73 Å². The van der Waals surface area contributed by atoms with Crippen LogP contribution in [-0.4, -0.2) is 20.7 Å². The van der Waals surface area contributed by atoms with Gasteiger partial charge in [0.2, 0.25) is 5.95 Å². The molecule has 0 atom stereocenters. The number of hydrogen-bond donors (Lipinski definition) is 1. The van der Waals surface area contributed by atoms with Gasteiger partial charge in [0, 0.05) is 0 Å². The first-order valence-corrected chi connectivity index (χ1v) is 7.00. The van der Waals surface area contributed by atoms with Crippen LogP contribution in [0.3, 0.4) is 0 Å². The summed E-state index contributed by atoms with van der Waals surface area (Å²) in [6.07, 6.45) is 6.43. The number of benzene rings is 1. The van der Waals surface area contributed by atoms with Crippen LogP contribution in [0.15, 0.2) is 36.7 Å². The SMILES string of the molecule is Nc1ncn(C(=O)C2(c3ccccc3)CCCCC2)n1. The second kappa shape index (κ2) is 5.07. The minimum absolute atomic E-state index is 0.0207. The number of carbonyl (C=O) groups is 1. The average molecular weight is 270 g/mol. The molecule has 0 bridgehead atoms. The highest BCUT2D eigenvalue weighted by atomic mass is 16.2. The molecule has 0 saturated heterocycles. The molecule has 0 unspecified atom stereocenters. The second-order valence-corrected chi connectivity index (χ2v) is 5.36. The number of hydrogen-bond acceptors (Lipinski definition) is 4. The molecule has 5 heteroatoms. The average Bonchev–Trinajstić information content (AvgIpc) is 2.94. The molecule has 0 radical (unpaired) electrons. The third kappa shape index (κ3) is 2.09. The quantitative estimate of drug-likeness (QED) is 0.909. The van der Waals surface area contributed by atoms with Crippen LogP contribution in [0.1, 0.15) is 42.5 Å². The van der Waals surface area contributed by atoms with Crippen molar-refractivity contribution in [3.8, 4) is 0 Å². The Morgan fingerprint density at radius 1 is 1.15 bits per heavy atom. The van der Waals surface area contributed by atoms with Crippen LogP contribution in [0, 0.1) is 0 Å². The van der Waals surface area contributed by atoms with E-state index in [1.165, 1.54) is 17.4 Å². The first-order chi connectivity index (χ1) is 9.72. The van der Waals surface area contributed by atoms with E-state index in [0.717, 1.165) is 31.2 Å². The van der Waals surface area contributed by atoms with Crippen molar-refractivity contribution < 1.29 is 4.79 Å². The van der Waals surface area contributed by atoms with E-state index in [1.54, 1.807) is 0 Å². The normalized spacial score (nSPS) is 17.8. The molecule has 1 aromatic heterocycles. The summed E-state index contributed by atoms with van der Waals surface area (Å²) in [6, 6.07) is 9.99. The van der Waals surface area contributed by atoms with Gasteiger partial charge in [0.05, 0.1) is 5.41 Å². The summed E-state index contributed by atoms with van der Waals surface area (Å²) >= 11 is 0. The lowest BCUT2D eigenvalue weighted by atomic mass is 9.69. The first kappa shape index (κ1) is 12.8. The smallest absolute Gasteiger partial charge is 0.259 e. The number of aromatic nitrogens is 3. The molecule has 3 rings (SSSR count). The molecular formula is C15H18N4O. The van der Waals surface area contributed by atoms with E-state index in [4.69, 9.17) is 5.73 Å². The maximum atomic E-state index is 12.9. The zero-order valence-electron chi connectivity index (χ0n) is 11.3. The number of rotatable bonds is 2. The number of nitrogen functional groups attached to an aromatic ring is 1. The van der Waals surface area contributed by atoms with Gasteiger partial charge in [0.25, 0.3) is 5.91 Å². The van der Waals surface area contributed by atoms with Gasteiger partial charge < -0.3 is 5.73 Å². The molecule has 1 aliphatic carbocycles. The highest BCUT2D eigenvalue weighted by molar-refractivity contribution is 5.89. The van der Waals surface area contributed by atoms with Crippen molar-refractivity contribution in [1.82, 2.24) is 14.8 Å². The molecule has 1 saturated carbocycles. The first-order valence-electron chi connectivity index (χ1n) is 7.00. The van der Waals surface area contributed by atoms with Gasteiger partial charge in [-0.1, -0.05) is 49.6 Å². The fourth-order valence-electron chi connectivity index (χ4n) is 3.13. The number of nitrogens with two attached hydrogens (primary N) is 1. The molecular weight excluding hydrogens is 252 g/mol. The molecule has 1 aliphatic rings. The Balaban J connectivity index is 2.04. The molecule has 1 aromatic carbocycles. The molecule has 1 heterocycles. The van der Waals surface area contributed by atoms with E-state index in [9.17, 15) is 4.79 Å². The molecule has 0 spiro atoms. The summed E-state index contributed by atoms with van der Waals surface area (Å²) in [5, 5.41) is 3.99. The van der Waals surface area contributed by atoms with Crippen LogP contribution in [-0.2, 0) is 5.41 Å². The number of anilines is 1. The molecule has 5 nitrogen and oxygen atoms in total. The van der Waals surface area contributed by atoms with E-state index in [-0.39, 0.29) is 11.9 Å². The monoisotopic (exact) mass is 270 g/mol. The van der Waals surface area contributed by atoms with Crippen molar-refractivity contribution in [2.45, 2.75) is 37.5 Å². The standard InChI is InChI=1S/C15H18N4O/c16-14-17-11-19(18-14)13(20)15(9-5-2-6-10-15)12-7-3-1-4-8-12/h1,3-4,7-8,11H,2,5-6,9-10H2,(H2,16,18). The molecule has 20 heavy (non-hydrogen) atoms. The van der Waals surface area contributed by atoms with Crippen molar-refractivity contribution in [2.24, 2.45) is 0 Å². The Bertz CT molecular complexity index is 599. The van der Waals surface area contributed by atoms with Gasteiger partial charge in [-0.2, -0.15) is 4.68 Å². The third-order valence-electron chi connectivity index (χ3n) is 4.16. The maximum Gasteiger partial charge on any atom is 0.259 e. The summed E-state index contributed by atoms with van der Waals surface area (Å²) in [7, 11) is 0. The number of nitrogens with zero attached hydrogens (tertiary/aromatic N) is 3. The van der Waals surface area contributed by atoms with Crippen LogP contribution >= 0.6 is 0 Å². The Labute approximate surface area is 117 Å². The highest BCUT2D eigenvalue weighted by Gasteiger charge is 2.42. The Morgan fingerprint density at radius 3 is 2.45 bits per heavy atom. The maximum absolute atomic E-state index is 12.9. The van der Waals surface area contributed by atoms with Gasteiger partial charge in [0.1, 0.15) is 6.33 Å². The topological polar surface area (TPSA) is 73.8 Å². The van der Waals surface area contributed by atoms with E-state index in [2.05, 4.69) is 10.1 Å². The van der Waals surface area contributed by atoms with Gasteiger partial charge >= 0.3 is 0 Å². The fraction of sp³-hybridized carbons (Fsp3) is 0.400. The fourth-order valence-corrected chi connectivity index (χ4v) is 3.13. The lowest BCUT2D eigenvalue weighted by Crippen LogP contribution is -2.41. The van der Waals surface area contributed by atoms with Crippen LogP contribution in [0.5, 0.6) is 0 Å². The van der Waals surface area contributed by atoms with E-state index < -0.39 is 5.41 Å². The minimum atomic E-state index is -0.486. The highest BCUT2D eigenvalue weighted by Crippen LogP contribution is 2.40. The Hall–Kier alpha value is -2.17. The zero-order chi connectivity index (χ0) is 14.0. The van der Waals surface area contributed by atoms with Crippen LogP contribution in [0.2, 0.25) is 0 Å². The summed E-state index contributed by atoms with van der Waals surface area (Å²) < 4.78 is 1.30. The Morgan fingerprint density at radius 2 is 1.85 bits per heavy atom. The van der Waals surface area contributed by atoms with Crippen LogP contribution < -0.4 is 5.73 Å². The van der Waals surface area contributed by atoms with Crippen molar-refractivity contribution in [3.63, 3.8) is 0 Å². The van der Waals surface area contributed by atoms with Crippen molar-refractivity contribution in [1.29, 1.82) is 0 Å². The van der Waals surface area contributed by atoms with E-state index >= 15 is 0 Å². The lowest BCUT2D eigenvalue weighted by Gasteiger charge is -2.35. The van der Waals surface area contributed by atoms with E-state index in [1.807, 2.05) is 30.3 Å². The molecule has 2 N–H and O–H groups in total. The predicted molar refractivity (Wildman–Crippen MR) is 76.3 cm³/mol. The summed E-state index contributed by atoms with van der Waals surface area (Å²) in [6.45, 7) is 0. The summed E-state index contributed by atoms with van der Waals surface area (Å²) in [5.74, 6) is 0.116. The van der Waals surface area contributed by atoms with Gasteiger partial charge in [-0.3, -0.25) is 4.79 Å². The van der Waals surface area contributed by atoms with Gasteiger partial charge in [-0.15, -0.1) is 5.10 Å². The molecule has 0 amide bonds. The van der Waals surface area contributed by atoms with Crippen molar-refractivity contribution >= 4 is 11.9 Å². The summed E-state index contributed by atoms with van der Waals surface area (Å²) in [4.78, 5) is 16.8. The zero-order valence-corrected chi connectivity index (χ0v) is 11.3. The van der Waals surface area contributed by atoms with Gasteiger partial charge in [-0.25, -0.2) is 4.98 Å². The van der Waals surface area contributed by atoms with Gasteiger partial charge in [-0.05, 0) is 18.4 Å². The second-order valence-electron chi connectivity index (χ2n) is 5.36. The molecule has 0 aliphatic heterocycles. The molecule has 2 aromatic rings. The predicted octanol–water partition coefficient (Wildman–Crippen LogP) is 2.40. The van der Waals surface area contributed by atoms with Crippen molar-refractivity contribution in [3.05, 3.63) is 42.2 Å². The van der Waals surface area contributed by atoms with Crippen LogP contribution in [0.4, 0.5) is 5.95 Å². The third-order valence-corrected chi connectivity index (χ3v) is 4.16. The minimum Gasteiger partial charge on any atom is -0.366 e. The van der Waals surface area contributed by atoms with E-state index in [0.29, 0.717) is 0 Å². The molecule has 1 fully saturated rings. The van der Waals surface area contributed by atoms with Crippen LogP contribution in [0.25, 0.3) is 0 Å². The van der Waals surface area contributed by atoms with Gasteiger partial charge in [0.15, 0.2) is 0 Å². The largest absolute Gasteiger partial charge is 0.366 e.